The lowest BCUT2D eigenvalue weighted by molar-refractivity contribution is -0.119. The fourth-order valence-corrected chi connectivity index (χ4v) is 3.60. The highest BCUT2D eigenvalue weighted by atomic mass is 19.2. The second-order valence-corrected chi connectivity index (χ2v) is 7.76. The second-order valence-electron chi connectivity index (χ2n) is 7.76. The van der Waals surface area contributed by atoms with Gasteiger partial charge in [0.05, 0.1) is 0 Å². The van der Waals surface area contributed by atoms with E-state index in [-0.39, 0.29) is 23.7 Å². The molecule has 0 aliphatic carbocycles. The first kappa shape index (κ1) is 20.2. The Bertz CT molecular complexity index is 892. The van der Waals surface area contributed by atoms with Gasteiger partial charge in [-0.1, -0.05) is 26.0 Å². The summed E-state index contributed by atoms with van der Waals surface area (Å²) in [4.78, 5) is 26.6. The zero-order valence-electron chi connectivity index (χ0n) is 16.3. The third kappa shape index (κ3) is 4.64. The van der Waals surface area contributed by atoms with E-state index in [1.54, 1.807) is 0 Å². The van der Waals surface area contributed by atoms with Crippen LogP contribution in [0.15, 0.2) is 36.4 Å². The van der Waals surface area contributed by atoms with Gasteiger partial charge in [0.2, 0.25) is 5.91 Å². The van der Waals surface area contributed by atoms with Crippen LogP contribution in [-0.2, 0) is 17.6 Å². The largest absolute Gasteiger partial charge is 0.312 e. The molecule has 28 heavy (non-hydrogen) atoms. The Morgan fingerprint density at radius 1 is 1.07 bits per heavy atom. The molecule has 1 aliphatic heterocycles. The van der Waals surface area contributed by atoms with Crippen molar-refractivity contribution >= 4 is 17.4 Å². The van der Waals surface area contributed by atoms with Crippen molar-refractivity contribution < 1.29 is 18.4 Å². The van der Waals surface area contributed by atoms with E-state index in [1.165, 1.54) is 6.07 Å². The number of carbonyl (C=O) groups is 2. The molecule has 0 N–H and O–H groups in total. The lowest BCUT2D eigenvalue weighted by Gasteiger charge is -2.30. The number of halogens is 2. The number of fused-ring (bicyclic) bond motifs is 1. The molecule has 1 amide bonds. The monoisotopic (exact) mass is 385 g/mol. The number of carbonyl (C=O) groups excluding carboxylic acids is 2. The zero-order valence-corrected chi connectivity index (χ0v) is 16.3. The lowest BCUT2D eigenvalue weighted by Crippen LogP contribution is -2.36. The average molecular weight is 385 g/mol. The molecule has 148 valence electrons. The molecule has 0 atom stereocenters. The Hall–Kier alpha value is -2.56. The number of rotatable bonds is 6. The first-order valence-electron chi connectivity index (χ1n) is 9.75. The molecule has 0 fully saturated rings. The molecule has 2 aromatic carbocycles. The van der Waals surface area contributed by atoms with Crippen LogP contribution >= 0.6 is 0 Å². The summed E-state index contributed by atoms with van der Waals surface area (Å²) in [6.45, 7) is 4.82. The Kier molecular flexibility index (Phi) is 6.22. The van der Waals surface area contributed by atoms with Crippen molar-refractivity contribution in [3.8, 4) is 0 Å². The number of nitrogens with zero attached hydrogens (tertiary/aromatic N) is 1. The first-order chi connectivity index (χ1) is 13.3. The van der Waals surface area contributed by atoms with Gasteiger partial charge in [0, 0.05) is 30.6 Å². The molecule has 3 nitrogen and oxygen atoms in total. The SMILES string of the molecule is CC(C)CC(=O)N1CCCc2cc(CCC(=O)c3ccc(F)c(F)c3)ccc21. The molecule has 0 aromatic heterocycles. The minimum absolute atomic E-state index is 0.150. The number of benzene rings is 2. The molecule has 0 unspecified atom stereocenters. The van der Waals surface area contributed by atoms with Crippen LogP contribution in [0, 0.1) is 17.6 Å². The topological polar surface area (TPSA) is 37.4 Å². The van der Waals surface area contributed by atoms with Crippen molar-refractivity contribution in [2.45, 2.75) is 46.0 Å². The van der Waals surface area contributed by atoms with Gasteiger partial charge in [-0.3, -0.25) is 9.59 Å². The molecule has 0 spiro atoms. The van der Waals surface area contributed by atoms with Crippen molar-refractivity contribution in [2.24, 2.45) is 5.92 Å². The van der Waals surface area contributed by atoms with E-state index in [0.717, 1.165) is 48.3 Å². The third-order valence-corrected chi connectivity index (χ3v) is 5.03. The smallest absolute Gasteiger partial charge is 0.227 e. The number of hydrogen-bond donors (Lipinski definition) is 0. The minimum Gasteiger partial charge on any atom is -0.312 e. The van der Waals surface area contributed by atoms with Crippen LogP contribution in [0.4, 0.5) is 14.5 Å². The number of hydrogen-bond acceptors (Lipinski definition) is 2. The van der Waals surface area contributed by atoms with Crippen LogP contribution in [0.25, 0.3) is 0 Å². The quantitative estimate of drug-likeness (QED) is 0.649. The first-order valence-corrected chi connectivity index (χ1v) is 9.75. The summed E-state index contributed by atoms with van der Waals surface area (Å²) in [7, 11) is 0. The van der Waals surface area contributed by atoms with Crippen LogP contribution in [0.5, 0.6) is 0 Å². The highest BCUT2D eigenvalue weighted by Crippen LogP contribution is 2.29. The van der Waals surface area contributed by atoms with Crippen LogP contribution in [0.3, 0.4) is 0 Å². The summed E-state index contributed by atoms with van der Waals surface area (Å²) in [6, 6.07) is 9.20. The fraction of sp³-hybridized carbons (Fsp3) is 0.391. The van der Waals surface area contributed by atoms with Gasteiger partial charge in [0.1, 0.15) is 0 Å². The molecule has 0 saturated carbocycles. The van der Waals surface area contributed by atoms with E-state index < -0.39 is 11.6 Å². The van der Waals surface area contributed by atoms with Crippen molar-refractivity contribution in [3.63, 3.8) is 0 Å². The van der Waals surface area contributed by atoms with E-state index in [0.29, 0.717) is 18.8 Å². The Balaban J connectivity index is 1.69. The van der Waals surface area contributed by atoms with Gasteiger partial charge < -0.3 is 4.90 Å². The molecular weight excluding hydrogens is 360 g/mol. The number of aryl methyl sites for hydroxylation is 2. The van der Waals surface area contributed by atoms with Crippen LogP contribution in [0.1, 0.15) is 54.6 Å². The Labute approximate surface area is 164 Å². The zero-order chi connectivity index (χ0) is 20.3. The van der Waals surface area contributed by atoms with Crippen LogP contribution in [-0.4, -0.2) is 18.2 Å². The van der Waals surface area contributed by atoms with Crippen molar-refractivity contribution in [1.29, 1.82) is 0 Å². The minimum atomic E-state index is -1.01. The van der Waals surface area contributed by atoms with Crippen molar-refractivity contribution in [2.75, 3.05) is 11.4 Å². The molecule has 0 saturated heterocycles. The number of Topliss-reactive ketones (excluding diaryl/α,β-unsaturated/α-hetero) is 1. The summed E-state index contributed by atoms with van der Waals surface area (Å²) >= 11 is 0. The number of ketones is 1. The maximum atomic E-state index is 13.3. The van der Waals surface area contributed by atoms with E-state index >= 15 is 0 Å². The lowest BCUT2D eigenvalue weighted by atomic mass is 9.95. The van der Waals surface area contributed by atoms with Gasteiger partial charge in [-0.05, 0) is 60.6 Å². The Morgan fingerprint density at radius 2 is 1.86 bits per heavy atom. The normalized spacial score (nSPS) is 13.5. The van der Waals surface area contributed by atoms with E-state index in [4.69, 9.17) is 0 Å². The van der Waals surface area contributed by atoms with E-state index in [1.807, 2.05) is 30.9 Å². The summed E-state index contributed by atoms with van der Waals surface area (Å²) < 4.78 is 26.3. The molecule has 0 radical (unpaired) electrons. The molecule has 5 heteroatoms. The molecule has 1 heterocycles. The third-order valence-electron chi connectivity index (χ3n) is 5.03. The Morgan fingerprint density at radius 3 is 2.57 bits per heavy atom. The molecule has 2 aromatic rings. The summed E-state index contributed by atoms with van der Waals surface area (Å²) in [5.41, 5.74) is 3.28. The maximum Gasteiger partial charge on any atom is 0.227 e. The number of anilines is 1. The fourth-order valence-electron chi connectivity index (χ4n) is 3.60. The predicted octanol–water partition coefficient (Wildman–Crippen LogP) is 5.11. The molecule has 1 aliphatic rings. The highest BCUT2D eigenvalue weighted by Gasteiger charge is 2.23. The van der Waals surface area contributed by atoms with Gasteiger partial charge in [-0.2, -0.15) is 0 Å². The van der Waals surface area contributed by atoms with Crippen LogP contribution < -0.4 is 4.90 Å². The van der Waals surface area contributed by atoms with Crippen molar-refractivity contribution in [1.82, 2.24) is 0 Å². The summed E-state index contributed by atoms with van der Waals surface area (Å²) in [5.74, 6) is -1.71. The van der Waals surface area contributed by atoms with E-state index in [9.17, 15) is 18.4 Å². The number of amides is 1. The second kappa shape index (κ2) is 8.63. The van der Waals surface area contributed by atoms with Crippen LogP contribution in [0.2, 0.25) is 0 Å². The highest BCUT2D eigenvalue weighted by molar-refractivity contribution is 5.96. The molecular formula is C23H25F2NO2. The van der Waals surface area contributed by atoms with Gasteiger partial charge in [-0.25, -0.2) is 8.78 Å². The predicted molar refractivity (Wildman–Crippen MR) is 106 cm³/mol. The summed E-state index contributed by atoms with van der Waals surface area (Å²) in [6.07, 6.45) is 3.11. The summed E-state index contributed by atoms with van der Waals surface area (Å²) in [5, 5.41) is 0. The van der Waals surface area contributed by atoms with Gasteiger partial charge in [-0.15, -0.1) is 0 Å². The average Bonchev–Trinajstić information content (AvgIpc) is 2.67. The van der Waals surface area contributed by atoms with E-state index in [2.05, 4.69) is 6.07 Å². The van der Waals surface area contributed by atoms with Gasteiger partial charge in [0.25, 0.3) is 0 Å². The standard InChI is InChI=1S/C23H25F2NO2/c1-15(2)12-23(28)26-11-3-4-17-13-16(5-9-21(17)26)6-10-22(27)18-7-8-19(24)20(25)14-18/h5,7-9,13-15H,3-4,6,10-12H2,1-2H3. The van der Waals surface area contributed by atoms with Crippen molar-refractivity contribution in [3.05, 3.63) is 64.7 Å². The van der Waals surface area contributed by atoms with Gasteiger partial charge in [0.15, 0.2) is 17.4 Å². The molecule has 3 rings (SSSR count). The molecule has 0 bridgehead atoms. The van der Waals surface area contributed by atoms with Gasteiger partial charge >= 0.3 is 0 Å². The maximum absolute atomic E-state index is 13.3.